The molecule has 1 heterocycles. The van der Waals surface area contributed by atoms with Crippen LogP contribution in [0.2, 0.25) is 0 Å². The summed E-state index contributed by atoms with van der Waals surface area (Å²) in [4.78, 5) is 37.2. The molecule has 7 nitrogen and oxygen atoms in total. The van der Waals surface area contributed by atoms with Crippen molar-refractivity contribution in [1.82, 2.24) is 15.8 Å². The fourth-order valence-corrected chi connectivity index (χ4v) is 1.83. The van der Waals surface area contributed by atoms with Gasteiger partial charge in [0.05, 0.1) is 5.56 Å². The molecule has 0 spiro atoms. The number of aromatic nitrogens is 1. The maximum Gasteiger partial charge on any atom is 0.426 e. The zero-order valence-electron chi connectivity index (χ0n) is 12.8. The summed E-state index contributed by atoms with van der Waals surface area (Å²) in [6.07, 6.45) is -0.875. The molecule has 1 aromatic carbocycles. The van der Waals surface area contributed by atoms with Crippen LogP contribution in [-0.2, 0) is 4.74 Å². The Labute approximate surface area is 130 Å². The number of H-pyrrole nitrogens is 1. The highest BCUT2D eigenvalue weighted by Gasteiger charge is 2.18. The molecule has 0 atom stereocenters. The van der Waals surface area contributed by atoms with E-state index in [4.69, 9.17) is 4.74 Å². The third kappa shape index (κ3) is 4.29. The molecule has 23 heavy (non-hydrogen) atoms. The van der Waals surface area contributed by atoms with Gasteiger partial charge in [0.1, 0.15) is 11.4 Å². The van der Waals surface area contributed by atoms with E-state index in [1.807, 2.05) is 10.9 Å². The number of ether oxygens (including phenoxy) is 1. The largest absolute Gasteiger partial charge is 0.443 e. The van der Waals surface area contributed by atoms with Crippen molar-refractivity contribution in [3.05, 3.63) is 46.0 Å². The number of benzene rings is 1. The van der Waals surface area contributed by atoms with E-state index >= 15 is 0 Å². The number of hydrogen-bond donors (Lipinski definition) is 3. The van der Waals surface area contributed by atoms with E-state index in [2.05, 4.69) is 4.98 Å². The second-order valence-corrected chi connectivity index (χ2v) is 5.82. The van der Waals surface area contributed by atoms with Gasteiger partial charge in [-0.1, -0.05) is 0 Å². The van der Waals surface area contributed by atoms with Crippen molar-refractivity contribution >= 4 is 22.9 Å². The normalized spacial score (nSPS) is 11.1. The van der Waals surface area contributed by atoms with Crippen LogP contribution in [0.15, 0.2) is 29.1 Å². The average molecular weight is 321 g/mol. The second kappa shape index (κ2) is 6.07. The van der Waals surface area contributed by atoms with Crippen molar-refractivity contribution in [3.63, 3.8) is 0 Å². The summed E-state index contributed by atoms with van der Waals surface area (Å²) < 4.78 is 18.9. The number of carbonyl (C=O) groups is 2. The lowest BCUT2D eigenvalue weighted by molar-refractivity contribution is 0.0483. The lowest BCUT2D eigenvalue weighted by atomic mass is 10.1. The summed E-state index contributed by atoms with van der Waals surface area (Å²) in [5.41, 5.74) is 2.95. The van der Waals surface area contributed by atoms with Crippen LogP contribution >= 0.6 is 0 Å². The molecule has 0 unspecified atom stereocenters. The fourth-order valence-electron chi connectivity index (χ4n) is 1.83. The van der Waals surface area contributed by atoms with Gasteiger partial charge in [-0.05, 0) is 39.0 Å². The molecule has 0 aliphatic rings. The topological polar surface area (TPSA) is 100 Å². The van der Waals surface area contributed by atoms with Gasteiger partial charge in [-0.25, -0.2) is 14.6 Å². The first-order chi connectivity index (χ1) is 10.7. The first kappa shape index (κ1) is 16.5. The number of rotatable bonds is 1. The van der Waals surface area contributed by atoms with Crippen LogP contribution in [0.4, 0.5) is 9.18 Å². The number of pyridine rings is 1. The number of amides is 2. The van der Waals surface area contributed by atoms with Gasteiger partial charge >= 0.3 is 6.09 Å². The molecule has 3 N–H and O–H groups in total. The second-order valence-electron chi connectivity index (χ2n) is 5.82. The molecule has 2 rings (SSSR count). The van der Waals surface area contributed by atoms with Crippen molar-refractivity contribution in [2.75, 3.05) is 0 Å². The molecule has 0 saturated carbocycles. The maximum absolute atomic E-state index is 14.0. The SMILES string of the molecule is CC(C)(C)OC(=O)NNC(=O)c1cc2[nH]c(=O)ccc2cc1F. The van der Waals surface area contributed by atoms with E-state index in [1.54, 1.807) is 20.8 Å². The Balaban J connectivity index is 2.16. The molecular weight excluding hydrogens is 305 g/mol. The van der Waals surface area contributed by atoms with Crippen LogP contribution in [-0.4, -0.2) is 22.6 Å². The molecule has 1 aromatic heterocycles. The number of hydrogen-bond acceptors (Lipinski definition) is 4. The minimum Gasteiger partial charge on any atom is -0.443 e. The Morgan fingerprint density at radius 1 is 1.17 bits per heavy atom. The molecule has 0 radical (unpaired) electrons. The molecule has 0 aliphatic carbocycles. The Hall–Kier alpha value is -2.90. The highest BCUT2D eigenvalue weighted by atomic mass is 19.1. The van der Waals surface area contributed by atoms with Gasteiger partial charge in [-0.15, -0.1) is 0 Å². The van der Waals surface area contributed by atoms with Gasteiger partial charge in [0.15, 0.2) is 0 Å². The maximum atomic E-state index is 14.0. The molecule has 0 saturated heterocycles. The van der Waals surface area contributed by atoms with Crippen LogP contribution in [0.5, 0.6) is 0 Å². The van der Waals surface area contributed by atoms with Gasteiger partial charge in [-0.3, -0.25) is 15.0 Å². The quantitative estimate of drug-likeness (QED) is 0.698. The summed E-state index contributed by atoms with van der Waals surface area (Å²) in [6, 6.07) is 5.01. The third-order valence-electron chi connectivity index (χ3n) is 2.73. The Bertz CT molecular complexity index is 824. The molecule has 2 amide bonds. The number of halogens is 1. The summed E-state index contributed by atoms with van der Waals surface area (Å²) in [5, 5.41) is 0.443. The fraction of sp³-hybridized carbons (Fsp3) is 0.267. The molecule has 8 heteroatoms. The van der Waals surface area contributed by atoms with E-state index in [-0.39, 0.29) is 11.1 Å². The first-order valence-electron chi connectivity index (χ1n) is 6.77. The monoisotopic (exact) mass is 321 g/mol. The summed E-state index contributed by atoms with van der Waals surface area (Å²) in [6.45, 7) is 4.98. The summed E-state index contributed by atoms with van der Waals surface area (Å²) in [5.74, 6) is -1.66. The molecule has 0 bridgehead atoms. The Morgan fingerprint density at radius 3 is 2.52 bits per heavy atom. The van der Waals surface area contributed by atoms with Crippen LogP contribution in [0.1, 0.15) is 31.1 Å². The van der Waals surface area contributed by atoms with E-state index < -0.39 is 23.4 Å². The minimum atomic E-state index is -0.875. The Morgan fingerprint density at radius 2 is 1.87 bits per heavy atom. The van der Waals surface area contributed by atoms with Crippen molar-refractivity contribution in [2.24, 2.45) is 0 Å². The standard InChI is InChI=1S/C15H16FN3O4/c1-15(2,3)23-14(22)19-18-13(21)9-7-11-8(6-10(9)16)4-5-12(20)17-11/h4-7H,1-3H3,(H,17,20)(H,18,21)(H,19,22). The van der Waals surface area contributed by atoms with Gasteiger partial charge in [0.25, 0.3) is 5.91 Å². The van der Waals surface area contributed by atoms with Crippen molar-refractivity contribution in [3.8, 4) is 0 Å². The molecule has 2 aromatic rings. The Kier molecular flexibility index (Phi) is 4.35. The zero-order chi connectivity index (χ0) is 17.2. The van der Waals surface area contributed by atoms with Gasteiger partial charge in [0.2, 0.25) is 5.56 Å². The molecule has 0 fully saturated rings. The van der Waals surface area contributed by atoms with E-state index in [0.717, 1.165) is 6.07 Å². The number of carbonyl (C=O) groups excluding carboxylic acids is 2. The van der Waals surface area contributed by atoms with Crippen LogP contribution in [0.3, 0.4) is 0 Å². The highest BCUT2D eigenvalue weighted by molar-refractivity contribution is 5.98. The lowest BCUT2D eigenvalue weighted by Crippen LogP contribution is -2.44. The smallest absolute Gasteiger partial charge is 0.426 e. The van der Waals surface area contributed by atoms with Crippen LogP contribution < -0.4 is 16.4 Å². The van der Waals surface area contributed by atoms with Crippen molar-refractivity contribution in [1.29, 1.82) is 0 Å². The predicted molar refractivity (Wildman–Crippen MR) is 81.4 cm³/mol. The van der Waals surface area contributed by atoms with E-state index in [0.29, 0.717) is 10.9 Å². The number of nitrogens with one attached hydrogen (secondary N) is 3. The van der Waals surface area contributed by atoms with Crippen molar-refractivity contribution < 1.29 is 18.7 Å². The van der Waals surface area contributed by atoms with Crippen molar-refractivity contribution in [2.45, 2.75) is 26.4 Å². The highest BCUT2D eigenvalue weighted by Crippen LogP contribution is 2.16. The molecule has 0 aliphatic heterocycles. The molecule has 122 valence electrons. The summed E-state index contributed by atoms with van der Waals surface area (Å²) in [7, 11) is 0. The number of fused-ring (bicyclic) bond motifs is 1. The molecular formula is C15H16FN3O4. The average Bonchev–Trinajstić information content (AvgIpc) is 2.42. The van der Waals surface area contributed by atoms with E-state index in [9.17, 15) is 18.8 Å². The van der Waals surface area contributed by atoms with Crippen LogP contribution in [0, 0.1) is 5.82 Å². The lowest BCUT2D eigenvalue weighted by Gasteiger charge is -2.19. The van der Waals surface area contributed by atoms with Gasteiger partial charge in [0, 0.05) is 17.0 Å². The zero-order valence-corrected chi connectivity index (χ0v) is 12.8. The predicted octanol–water partition coefficient (Wildman–Crippen LogP) is 1.84. The van der Waals surface area contributed by atoms with E-state index in [1.165, 1.54) is 18.2 Å². The minimum absolute atomic E-state index is 0.307. The summed E-state index contributed by atoms with van der Waals surface area (Å²) >= 11 is 0. The van der Waals surface area contributed by atoms with Gasteiger partial charge < -0.3 is 9.72 Å². The van der Waals surface area contributed by atoms with Crippen LogP contribution in [0.25, 0.3) is 10.9 Å². The third-order valence-corrected chi connectivity index (χ3v) is 2.73. The number of hydrazine groups is 1. The van der Waals surface area contributed by atoms with Gasteiger partial charge in [-0.2, -0.15) is 0 Å². The first-order valence-corrected chi connectivity index (χ1v) is 6.77. The number of aromatic amines is 1.